The lowest BCUT2D eigenvalue weighted by Gasteiger charge is -2.13. The van der Waals surface area contributed by atoms with Crippen molar-refractivity contribution in [1.29, 1.82) is 0 Å². The average molecular weight is 461 g/mol. The van der Waals surface area contributed by atoms with Gasteiger partial charge in [-0.25, -0.2) is 0 Å². The fourth-order valence-electron chi connectivity index (χ4n) is 4.13. The third-order valence-electron chi connectivity index (χ3n) is 6.10. The van der Waals surface area contributed by atoms with E-state index in [1.54, 1.807) is 0 Å². The molecule has 2 aromatic rings. The molecule has 0 radical (unpaired) electrons. The molecule has 0 saturated heterocycles. The first-order valence-electron chi connectivity index (χ1n) is 11.9. The van der Waals surface area contributed by atoms with Crippen LogP contribution in [-0.4, -0.2) is 59.2 Å². The van der Waals surface area contributed by atoms with Gasteiger partial charge in [-0.1, -0.05) is 0 Å². The van der Waals surface area contributed by atoms with Gasteiger partial charge in [-0.2, -0.15) is 0 Å². The van der Waals surface area contributed by atoms with Crippen LogP contribution < -0.4 is 0 Å². The summed E-state index contributed by atoms with van der Waals surface area (Å²) in [5, 5.41) is 21.9. The second-order valence-corrected chi connectivity index (χ2v) is 8.99. The van der Waals surface area contributed by atoms with Gasteiger partial charge in [0, 0.05) is 71.3 Å². The third-order valence-corrected chi connectivity index (χ3v) is 6.10. The van der Waals surface area contributed by atoms with E-state index in [9.17, 15) is 10.2 Å². The molecule has 0 unspecified atom stereocenters. The SMILES string of the molecule is CC1=NCCCN=C(C)c2cc(C)cc(c2O)C(C)=NCCCN=C(C)c2cc(C)cc1c2O. The number of fused-ring (bicyclic) bond motifs is 4. The second kappa shape index (κ2) is 11.2. The zero-order valence-electron chi connectivity index (χ0n) is 21.2. The Hall–Kier alpha value is -3.28. The molecule has 1 heterocycles. The number of rotatable bonds is 0. The van der Waals surface area contributed by atoms with Crippen LogP contribution in [-0.2, 0) is 0 Å². The van der Waals surface area contributed by atoms with Gasteiger partial charge >= 0.3 is 0 Å². The highest BCUT2D eigenvalue weighted by molar-refractivity contribution is 6.09. The third kappa shape index (κ3) is 5.99. The summed E-state index contributed by atoms with van der Waals surface area (Å²) in [5.41, 5.74) is 8.32. The topological polar surface area (TPSA) is 89.9 Å². The summed E-state index contributed by atoms with van der Waals surface area (Å²) < 4.78 is 0. The van der Waals surface area contributed by atoms with E-state index in [0.29, 0.717) is 26.2 Å². The zero-order chi connectivity index (χ0) is 24.8. The minimum atomic E-state index is 0.231. The second-order valence-electron chi connectivity index (χ2n) is 8.99. The first-order valence-corrected chi connectivity index (χ1v) is 11.9. The molecule has 1 aliphatic heterocycles. The van der Waals surface area contributed by atoms with Crippen molar-refractivity contribution in [3.8, 4) is 11.5 Å². The summed E-state index contributed by atoms with van der Waals surface area (Å²) in [4.78, 5) is 18.8. The van der Waals surface area contributed by atoms with Crippen molar-refractivity contribution in [2.45, 2.75) is 54.4 Å². The molecule has 0 amide bonds. The number of aryl methyl sites for hydroxylation is 2. The average Bonchev–Trinajstić information content (AvgIpc) is 2.79. The van der Waals surface area contributed by atoms with Gasteiger partial charge in [-0.05, 0) is 89.8 Å². The van der Waals surface area contributed by atoms with Gasteiger partial charge in [-0.3, -0.25) is 20.0 Å². The number of nitrogens with zero attached hydrogens (tertiary/aromatic N) is 4. The molecule has 34 heavy (non-hydrogen) atoms. The molecule has 6 nitrogen and oxygen atoms in total. The minimum absolute atomic E-state index is 0.231. The van der Waals surface area contributed by atoms with Gasteiger partial charge < -0.3 is 10.2 Å². The van der Waals surface area contributed by atoms with Crippen LogP contribution >= 0.6 is 0 Å². The summed E-state index contributed by atoms with van der Waals surface area (Å²) in [6.07, 6.45) is 1.54. The molecule has 2 aromatic carbocycles. The molecule has 0 spiro atoms. The lowest BCUT2D eigenvalue weighted by molar-refractivity contribution is 0.472. The maximum atomic E-state index is 10.9. The van der Waals surface area contributed by atoms with Gasteiger partial charge in [0.1, 0.15) is 11.5 Å². The highest BCUT2D eigenvalue weighted by atomic mass is 16.3. The molecule has 0 atom stereocenters. The molecule has 4 bridgehead atoms. The van der Waals surface area contributed by atoms with Crippen LogP contribution in [0.1, 0.15) is 73.9 Å². The first kappa shape index (κ1) is 25.3. The molecule has 0 aliphatic carbocycles. The molecule has 0 saturated carbocycles. The number of hydrogen-bond acceptors (Lipinski definition) is 6. The largest absolute Gasteiger partial charge is 0.507 e. The maximum Gasteiger partial charge on any atom is 0.133 e. The summed E-state index contributed by atoms with van der Waals surface area (Å²) in [7, 11) is 0. The van der Waals surface area contributed by atoms with Crippen LogP contribution in [0.4, 0.5) is 0 Å². The predicted octanol–water partition coefficient (Wildman–Crippen LogP) is 5.44. The van der Waals surface area contributed by atoms with E-state index in [1.165, 1.54) is 0 Å². The molecule has 180 valence electrons. The van der Waals surface area contributed by atoms with Crippen molar-refractivity contribution in [2.75, 3.05) is 26.2 Å². The Balaban J connectivity index is 2.00. The fraction of sp³-hybridized carbons (Fsp3) is 0.429. The van der Waals surface area contributed by atoms with Crippen molar-refractivity contribution in [3.63, 3.8) is 0 Å². The maximum absolute atomic E-state index is 10.9. The van der Waals surface area contributed by atoms with E-state index in [-0.39, 0.29) is 11.5 Å². The Kier molecular flexibility index (Phi) is 8.37. The monoisotopic (exact) mass is 460 g/mol. The van der Waals surface area contributed by atoms with E-state index in [0.717, 1.165) is 69.1 Å². The van der Waals surface area contributed by atoms with Crippen LogP contribution in [0.2, 0.25) is 0 Å². The van der Waals surface area contributed by atoms with E-state index in [1.807, 2.05) is 65.8 Å². The molecule has 3 rings (SSSR count). The van der Waals surface area contributed by atoms with Crippen molar-refractivity contribution >= 4 is 22.8 Å². The minimum Gasteiger partial charge on any atom is -0.507 e. The standard InChI is InChI=1S/C28H36N4O2/c1-17-13-23-19(3)29-9-7-11-31-21(5)25-15-18(2)16-26(28(25)34)22(6)32-12-8-10-30-20(4)24(14-17)27(23)33/h13-16,33-34H,7-12H2,1-6H3. The Bertz CT molecular complexity index is 1010. The highest BCUT2D eigenvalue weighted by Gasteiger charge is 2.15. The summed E-state index contributed by atoms with van der Waals surface area (Å²) in [6.45, 7) is 14.2. The van der Waals surface area contributed by atoms with Gasteiger partial charge in [0.25, 0.3) is 0 Å². The van der Waals surface area contributed by atoms with Gasteiger partial charge in [0.05, 0.1) is 0 Å². The number of phenolic OH excluding ortho intramolecular Hbond substituents is 2. The Morgan fingerprint density at radius 1 is 0.471 bits per heavy atom. The lowest BCUT2D eigenvalue weighted by Crippen LogP contribution is -2.06. The summed E-state index contributed by atoms with van der Waals surface area (Å²) in [5.74, 6) is 0.462. The van der Waals surface area contributed by atoms with Gasteiger partial charge in [0.15, 0.2) is 0 Å². The molecule has 2 N–H and O–H groups in total. The molecule has 0 aromatic heterocycles. The number of aliphatic imine (C=N–C) groups is 4. The van der Waals surface area contributed by atoms with E-state index < -0.39 is 0 Å². The van der Waals surface area contributed by atoms with Crippen LogP contribution in [0.3, 0.4) is 0 Å². The van der Waals surface area contributed by atoms with Crippen molar-refractivity contribution in [1.82, 2.24) is 0 Å². The number of aromatic hydroxyl groups is 2. The quantitative estimate of drug-likeness (QED) is 0.548. The number of phenols is 2. The van der Waals surface area contributed by atoms with E-state index in [4.69, 9.17) is 0 Å². The van der Waals surface area contributed by atoms with E-state index in [2.05, 4.69) is 20.0 Å². The Morgan fingerprint density at radius 3 is 0.941 bits per heavy atom. The first-order chi connectivity index (χ1) is 16.2. The predicted molar refractivity (Wildman–Crippen MR) is 143 cm³/mol. The van der Waals surface area contributed by atoms with Gasteiger partial charge in [0.2, 0.25) is 0 Å². The van der Waals surface area contributed by atoms with Gasteiger partial charge in [-0.15, -0.1) is 0 Å². The normalized spacial score (nSPS) is 16.2. The lowest BCUT2D eigenvalue weighted by atomic mass is 9.99. The van der Waals surface area contributed by atoms with Crippen LogP contribution in [0.25, 0.3) is 0 Å². The molecular weight excluding hydrogens is 424 g/mol. The molecular formula is C28H36N4O2. The number of hydrogen-bond donors (Lipinski definition) is 2. The summed E-state index contributed by atoms with van der Waals surface area (Å²) >= 11 is 0. The number of benzene rings is 2. The van der Waals surface area contributed by atoms with Crippen LogP contribution in [0.5, 0.6) is 11.5 Å². The molecule has 0 fully saturated rings. The van der Waals surface area contributed by atoms with Crippen molar-refractivity contribution in [2.24, 2.45) is 20.0 Å². The Morgan fingerprint density at radius 2 is 0.706 bits per heavy atom. The van der Waals surface area contributed by atoms with Crippen LogP contribution in [0, 0.1) is 13.8 Å². The summed E-state index contributed by atoms with van der Waals surface area (Å²) in [6, 6.07) is 7.87. The highest BCUT2D eigenvalue weighted by Crippen LogP contribution is 2.28. The van der Waals surface area contributed by atoms with Crippen LogP contribution in [0.15, 0.2) is 44.2 Å². The van der Waals surface area contributed by atoms with Crippen molar-refractivity contribution in [3.05, 3.63) is 57.6 Å². The molecule has 1 aliphatic rings. The zero-order valence-corrected chi connectivity index (χ0v) is 21.2. The van der Waals surface area contributed by atoms with E-state index >= 15 is 0 Å². The Labute approximate surface area is 202 Å². The smallest absolute Gasteiger partial charge is 0.133 e. The van der Waals surface area contributed by atoms with Crippen molar-refractivity contribution < 1.29 is 10.2 Å². The molecule has 6 heteroatoms. The fourth-order valence-corrected chi connectivity index (χ4v) is 4.13.